The molecule has 1 aliphatic rings. The molecule has 2 aromatic carbocycles. The largest absolute Gasteiger partial charge is 0.435 e. The smallest absolute Gasteiger partial charge is 0.249 e. The third kappa shape index (κ3) is 6.79. The molecule has 0 saturated carbocycles. The van der Waals surface area contributed by atoms with Crippen molar-refractivity contribution in [2.75, 3.05) is 18.4 Å². The average Bonchev–Trinajstić information content (AvgIpc) is 2.98. The van der Waals surface area contributed by atoms with Crippen LogP contribution in [0.1, 0.15) is 29.7 Å². The van der Waals surface area contributed by atoms with E-state index in [0.717, 1.165) is 6.92 Å². The second-order valence-electron chi connectivity index (χ2n) is 10.4. The van der Waals surface area contributed by atoms with E-state index >= 15 is 13.2 Å². The van der Waals surface area contributed by atoms with Crippen molar-refractivity contribution in [1.29, 1.82) is 0 Å². The molecule has 1 aliphatic heterocycles. The first kappa shape index (κ1) is 31.2. The van der Waals surface area contributed by atoms with Crippen LogP contribution < -0.4 is 20.5 Å². The zero-order valence-electron chi connectivity index (χ0n) is 23.1. The van der Waals surface area contributed by atoms with E-state index in [4.69, 9.17) is 9.88 Å². The lowest BCUT2D eigenvalue weighted by atomic mass is 9.91. The minimum atomic E-state index is -4.63. The Hall–Kier alpha value is -4.21. The van der Waals surface area contributed by atoms with Gasteiger partial charge in [0.25, 0.3) is 0 Å². The number of anilines is 1. The summed E-state index contributed by atoms with van der Waals surface area (Å²) >= 11 is 0. The molecule has 0 bridgehead atoms. The third-order valence-electron chi connectivity index (χ3n) is 7.16. The number of sulfonamides is 1. The number of nitrogens with one attached hydrogen (secondary N) is 2. The standard InChI is InChI=1S/C29H27F5N6O3S/c1-29(33,34)17-12-18(15-36-14-17)39-28-38-11-9-21(40-28)19-8-5-10-37-27(19)43-22-13-20(30)23(25(32)24(22)31)26(44(35,41)42)16-6-3-2-4-7-16/h2-11,13,17-18,26,36H,12,14-15H2,1H3,(H2,35,41,42)(H,38,39,40). The first-order chi connectivity index (χ1) is 20.8. The lowest BCUT2D eigenvalue weighted by Crippen LogP contribution is -2.48. The molecule has 5 rings (SSSR count). The Morgan fingerprint density at radius 2 is 1.77 bits per heavy atom. The minimum Gasteiger partial charge on any atom is -0.435 e. The van der Waals surface area contributed by atoms with Crippen molar-refractivity contribution in [3.8, 4) is 22.9 Å². The predicted octanol–water partition coefficient (Wildman–Crippen LogP) is 5.17. The van der Waals surface area contributed by atoms with Gasteiger partial charge in [0.05, 0.1) is 16.8 Å². The fourth-order valence-electron chi connectivity index (χ4n) is 5.02. The summed E-state index contributed by atoms with van der Waals surface area (Å²) in [7, 11) is -4.63. The second kappa shape index (κ2) is 12.4. The summed E-state index contributed by atoms with van der Waals surface area (Å²) in [5, 5.41) is 9.27. The fraction of sp³-hybridized carbons (Fsp3) is 0.276. The van der Waals surface area contributed by atoms with Crippen molar-refractivity contribution in [2.24, 2.45) is 11.1 Å². The number of benzene rings is 2. The Balaban J connectivity index is 1.44. The molecular formula is C29H27F5N6O3S. The number of rotatable bonds is 9. The Kier molecular flexibility index (Phi) is 8.81. The Morgan fingerprint density at radius 1 is 1.02 bits per heavy atom. The topological polar surface area (TPSA) is 132 Å². The van der Waals surface area contributed by atoms with Crippen LogP contribution in [0, 0.1) is 23.4 Å². The first-order valence-corrected chi connectivity index (χ1v) is 15.0. The molecule has 3 unspecified atom stereocenters. The van der Waals surface area contributed by atoms with E-state index in [9.17, 15) is 17.2 Å². The number of ether oxygens (including phenoxy) is 1. The van der Waals surface area contributed by atoms with Gasteiger partial charge >= 0.3 is 0 Å². The first-order valence-electron chi connectivity index (χ1n) is 13.4. The van der Waals surface area contributed by atoms with Crippen LogP contribution in [0.4, 0.5) is 27.9 Å². The molecule has 0 radical (unpaired) electrons. The zero-order chi connectivity index (χ0) is 31.6. The number of halogens is 5. The summed E-state index contributed by atoms with van der Waals surface area (Å²) in [6, 6.07) is 11.7. The maximum absolute atomic E-state index is 15.4. The van der Waals surface area contributed by atoms with E-state index in [1.165, 1.54) is 54.9 Å². The van der Waals surface area contributed by atoms with E-state index in [-0.39, 0.29) is 41.6 Å². The van der Waals surface area contributed by atoms with Crippen LogP contribution in [0.5, 0.6) is 11.6 Å². The second-order valence-corrected chi connectivity index (χ2v) is 12.0. The van der Waals surface area contributed by atoms with Crippen molar-refractivity contribution < 1.29 is 35.1 Å². The number of hydrogen-bond donors (Lipinski definition) is 3. The number of piperidine rings is 1. The summed E-state index contributed by atoms with van der Waals surface area (Å²) in [5.41, 5.74) is -0.752. The summed E-state index contributed by atoms with van der Waals surface area (Å²) < 4.78 is 104. The molecule has 1 saturated heterocycles. The molecule has 232 valence electrons. The van der Waals surface area contributed by atoms with Crippen LogP contribution >= 0.6 is 0 Å². The Morgan fingerprint density at radius 3 is 2.48 bits per heavy atom. The van der Waals surface area contributed by atoms with Gasteiger partial charge in [0.2, 0.25) is 33.6 Å². The summed E-state index contributed by atoms with van der Waals surface area (Å²) in [6.07, 6.45) is 2.87. The van der Waals surface area contributed by atoms with Crippen LogP contribution in [0.2, 0.25) is 0 Å². The lowest BCUT2D eigenvalue weighted by molar-refractivity contribution is -0.0488. The number of nitrogens with two attached hydrogens (primary N) is 1. The van der Waals surface area contributed by atoms with Gasteiger partial charge in [-0.1, -0.05) is 30.3 Å². The number of hydrogen-bond acceptors (Lipinski definition) is 8. The molecule has 3 atom stereocenters. The molecule has 4 N–H and O–H groups in total. The molecule has 3 heterocycles. The number of primary sulfonamides is 1. The molecule has 4 aromatic rings. The van der Waals surface area contributed by atoms with Crippen LogP contribution in [-0.2, 0) is 10.0 Å². The van der Waals surface area contributed by atoms with Gasteiger partial charge in [0, 0.05) is 43.5 Å². The van der Waals surface area contributed by atoms with Crippen LogP contribution in [0.3, 0.4) is 0 Å². The van der Waals surface area contributed by atoms with Gasteiger partial charge in [0.1, 0.15) is 11.1 Å². The highest BCUT2D eigenvalue weighted by Gasteiger charge is 2.38. The highest BCUT2D eigenvalue weighted by molar-refractivity contribution is 7.89. The fourth-order valence-corrected chi connectivity index (χ4v) is 6.10. The molecular weight excluding hydrogens is 607 g/mol. The summed E-state index contributed by atoms with van der Waals surface area (Å²) in [4.78, 5) is 12.6. The van der Waals surface area contributed by atoms with Gasteiger partial charge < -0.3 is 15.4 Å². The molecule has 0 aliphatic carbocycles. The molecule has 2 aromatic heterocycles. The normalized spacial score (nSPS) is 18.1. The van der Waals surface area contributed by atoms with Crippen LogP contribution in [0.15, 0.2) is 67.0 Å². The summed E-state index contributed by atoms with van der Waals surface area (Å²) in [6.45, 7) is 1.45. The highest BCUT2D eigenvalue weighted by atomic mass is 32.2. The number of alkyl halides is 2. The number of aromatic nitrogens is 3. The number of nitrogens with zero attached hydrogens (tertiary/aromatic N) is 3. The average molecular weight is 635 g/mol. The molecule has 0 spiro atoms. The molecule has 44 heavy (non-hydrogen) atoms. The third-order valence-corrected chi connectivity index (χ3v) is 8.33. The van der Waals surface area contributed by atoms with E-state index < -0.39 is 61.9 Å². The Bertz CT molecular complexity index is 1760. The summed E-state index contributed by atoms with van der Waals surface area (Å²) in [5.74, 6) is -9.70. The highest BCUT2D eigenvalue weighted by Crippen LogP contribution is 2.39. The Labute approximate surface area is 249 Å². The molecule has 15 heteroatoms. The SMILES string of the molecule is CC(F)(F)C1CNCC(Nc2nccc(-c3cccnc3Oc3cc(F)c(C(c4ccccc4)S(N)(=O)=O)c(F)c3F)n2)C1. The lowest BCUT2D eigenvalue weighted by Gasteiger charge is -2.33. The van der Waals surface area contributed by atoms with Crippen molar-refractivity contribution in [3.63, 3.8) is 0 Å². The monoisotopic (exact) mass is 634 g/mol. The predicted molar refractivity (Wildman–Crippen MR) is 152 cm³/mol. The van der Waals surface area contributed by atoms with Crippen LogP contribution in [0.25, 0.3) is 11.3 Å². The maximum Gasteiger partial charge on any atom is 0.249 e. The van der Waals surface area contributed by atoms with E-state index in [1.807, 2.05) is 0 Å². The maximum atomic E-state index is 15.4. The zero-order valence-corrected chi connectivity index (χ0v) is 24.0. The quantitative estimate of drug-likeness (QED) is 0.170. The van der Waals surface area contributed by atoms with Gasteiger partial charge in [-0.3, -0.25) is 0 Å². The van der Waals surface area contributed by atoms with Crippen molar-refractivity contribution >= 4 is 16.0 Å². The van der Waals surface area contributed by atoms with Gasteiger partial charge in [0.15, 0.2) is 11.6 Å². The van der Waals surface area contributed by atoms with Crippen molar-refractivity contribution in [3.05, 3.63) is 95.6 Å². The van der Waals surface area contributed by atoms with Crippen molar-refractivity contribution in [1.82, 2.24) is 20.3 Å². The van der Waals surface area contributed by atoms with Gasteiger partial charge in [-0.25, -0.2) is 46.1 Å². The van der Waals surface area contributed by atoms with Gasteiger partial charge in [-0.15, -0.1) is 0 Å². The minimum absolute atomic E-state index is 0.0657. The number of pyridine rings is 1. The van der Waals surface area contributed by atoms with Crippen molar-refractivity contribution in [2.45, 2.75) is 30.6 Å². The van der Waals surface area contributed by atoms with E-state index in [1.54, 1.807) is 6.07 Å². The van der Waals surface area contributed by atoms with E-state index in [0.29, 0.717) is 12.6 Å². The van der Waals surface area contributed by atoms with Gasteiger partial charge in [-0.2, -0.15) is 4.39 Å². The van der Waals surface area contributed by atoms with Gasteiger partial charge in [-0.05, 0) is 37.1 Å². The molecule has 0 amide bonds. The molecule has 9 nitrogen and oxygen atoms in total. The van der Waals surface area contributed by atoms with Crippen LogP contribution in [-0.4, -0.2) is 48.4 Å². The van der Waals surface area contributed by atoms with E-state index in [2.05, 4.69) is 25.6 Å². The molecule has 1 fully saturated rings.